The van der Waals surface area contributed by atoms with E-state index in [9.17, 15) is 40.7 Å². The second-order valence-electron chi connectivity index (χ2n) is 15.6. The summed E-state index contributed by atoms with van der Waals surface area (Å²) < 4.78 is 87.3. The zero-order valence-electron chi connectivity index (χ0n) is 30.3. The van der Waals surface area contributed by atoms with Crippen LogP contribution >= 0.6 is 0 Å². The number of hydrogen-bond acceptors (Lipinski definition) is 6. The number of rotatable bonds is 6. The second kappa shape index (κ2) is 15.1. The molecule has 0 saturated carbocycles. The van der Waals surface area contributed by atoms with E-state index in [-0.39, 0.29) is 30.6 Å². The number of carbonyl (C=O) groups is 3. The Kier molecular flexibility index (Phi) is 11.1. The molecule has 4 aliphatic heterocycles. The molecule has 0 N–H and O–H groups in total. The predicted octanol–water partition coefficient (Wildman–Crippen LogP) is 6.17. The fraction of sp³-hybridized carbons (Fsp3) is 0.605. The maximum Gasteiger partial charge on any atom is 0.416 e. The van der Waals surface area contributed by atoms with Gasteiger partial charge in [0.2, 0.25) is 5.91 Å². The average Bonchev–Trinajstić information content (AvgIpc) is 3.57. The summed E-state index contributed by atoms with van der Waals surface area (Å²) in [5.74, 6) is -0.893. The van der Waals surface area contributed by atoms with Gasteiger partial charge in [0.05, 0.1) is 11.1 Å². The predicted molar refractivity (Wildman–Crippen MR) is 184 cm³/mol. The van der Waals surface area contributed by atoms with Gasteiger partial charge < -0.3 is 14.5 Å². The Labute approximate surface area is 305 Å². The van der Waals surface area contributed by atoms with Crippen LogP contribution in [0.5, 0.6) is 0 Å². The van der Waals surface area contributed by atoms with E-state index in [0.29, 0.717) is 57.5 Å². The van der Waals surface area contributed by atoms with E-state index in [0.717, 1.165) is 38.2 Å². The van der Waals surface area contributed by atoms with Crippen molar-refractivity contribution in [3.8, 4) is 0 Å². The van der Waals surface area contributed by atoms with Gasteiger partial charge in [0.15, 0.2) is 0 Å². The van der Waals surface area contributed by atoms with E-state index >= 15 is 0 Å². The van der Waals surface area contributed by atoms with Gasteiger partial charge >= 0.3 is 18.4 Å². The summed E-state index contributed by atoms with van der Waals surface area (Å²) in [5.41, 5.74) is -3.38. The molecule has 0 aromatic heterocycles. The molecule has 9 nitrogen and oxygen atoms in total. The van der Waals surface area contributed by atoms with E-state index in [4.69, 9.17) is 4.74 Å². The Morgan fingerprint density at radius 2 is 1.32 bits per heavy atom. The quantitative estimate of drug-likeness (QED) is 0.329. The number of piperazine rings is 1. The molecule has 4 fully saturated rings. The number of alkyl halides is 6. The molecule has 3 atom stereocenters. The minimum absolute atomic E-state index is 0.0406. The molecule has 2 aromatic carbocycles. The summed E-state index contributed by atoms with van der Waals surface area (Å²) in [4.78, 5) is 49.4. The Morgan fingerprint density at radius 3 is 1.89 bits per heavy atom. The number of nitrogens with zero attached hydrogens (tertiary/aromatic N) is 5. The third-order valence-corrected chi connectivity index (χ3v) is 10.8. The van der Waals surface area contributed by atoms with Crippen molar-refractivity contribution in [1.29, 1.82) is 0 Å². The largest absolute Gasteiger partial charge is 0.444 e. The van der Waals surface area contributed by atoms with Gasteiger partial charge in [0.1, 0.15) is 11.6 Å². The summed E-state index contributed by atoms with van der Waals surface area (Å²) in [6.45, 7) is 10.3. The zero-order chi connectivity index (χ0) is 38.3. The van der Waals surface area contributed by atoms with Crippen LogP contribution in [0.25, 0.3) is 0 Å². The lowest BCUT2D eigenvalue weighted by molar-refractivity contribution is -0.144. The Bertz CT molecular complexity index is 1600. The summed E-state index contributed by atoms with van der Waals surface area (Å²) in [7, 11) is 0. The molecule has 15 heteroatoms. The summed E-state index contributed by atoms with van der Waals surface area (Å²) in [6, 6.07) is 9.74. The van der Waals surface area contributed by atoms with Crippen molar-refractivity contribution in [3.63, 3.8) is 0 Å². The Morgan fingerprint density at radius 1 is 0.736 bits per heavy atom. The zero-order valence-corrected chi connectivity index (χ0v) is 30.3. The van der Waals surface area contributed by atoms with Gasteiger partial charge in [0.25, 0.3) is 5.91 Å². The highest BCUT2D eigenvalue weighted by molar-refractivity contribution is 5.95. The molecular formula is C38H47F6N5O4. The van der Waals surface area contributed by atoms with Crippen LogP contribution in [0.15, 0.2) is 48.5 Å². The van der Waals surface area contributed by atoms with Crippen LogP contribution in [0.3, 0.4) is 0 Å². The van der Waals surface area contributed by atoms with E-state index < -0.39 is 58.7 Å². The molecule has 0 radical (unpaired) electrons. The lowest BCUT2D eigenvalue weighted by atomic mass is 9.90. The monoisotopic (exact) mass is 751 g/mol. The molecule has 4 heterocycles. The van der Waals surface area contributed by atoms with Crippen LogP contribution in [0.2, 0.25) is 0 Å². The number of piperidine rings is 1. The van der Waals surface area contributed by atoms with Crippen LogP contribution in [0.4, 0.5) is 31.1 Å². The molecule has 53 heavy (non-hydrogen) atoms. The van der Waals surface area contributed by atoms with Crippen molar-refractivity contribution in [2.75, 3.05) is 52.4 Å². The number of hydrogen-bond donors (Lipinski definition) is 0. The molecule has 6 rings (SSSR count). The highest BCUT2D eigenvalue weighted by Crippen LogP contribution is 2.37. The number of likely N-dealkylation sites (tertiary alicyclic amines) is 3. The summed E-state index contributed by atoms with van der Waals surface area (Å²) in [6.07, 6.45) is -7.75. The minimum Gasteiger partial charge on any atom is -0.444 e. The number of ether oxygens (including phenoxy) is 1. The van der Waals surface area contributed by atoms with Crippen LogP contribution < -0.4 is 0 Å². The van der Waals surface area contributed by atoms with E-state index in [1.165, 1.54) is 4.90 Å². The first kappa shape index (κ1) is 38.9. The third kappa shape index (κ3) is 9.10. The smallest absolute Gasteiger partial charge is 0.416 e. The molecule has 0 bridgehead atoms. The highest BCUT2D eigenvalue weighted by Gasteiger charge is 2.45. The fourth-order valence-corrected chi connectivity index (χ4v) is 8.06. The van der Waals surface area contributed by atoms with Crippen molar-refractivity contribution in [2.45, 2.75) is 95.0 Å². The fourth-order valence-electron chi connectivity index (χ4n) is 8.06. The molecule has 4 saturated heterocycles. The average molecular weight is 752 g/mol. The van der Waals surface area contributed by atoms with Crippen molar-refractivity contribution in [1.82, 2.24) is 24.5 Å². The second-order valence-corrected chi connectivity index (χ2v) is 15.6. The number of amides is 3. The highest BCUT2D eigenvalue weighted by atomic mass is 19.4. The van der Waals surface area contributed by atoms with Crippen LogP contribution in [-0.2, 0) is 28.3 Å². The van der Waals surface area contributed by atoms with Crippen LogP contribution in [0, 0.1) is 0 Å². The molecule has 4 aliphatic rings. The van der Waals surface area contributed by atoms with Gasteiger partial charge in [-0.3, -0.25) is 24.3 Å². The Hall–Kier alpha value is -3.85. The Balaban J connectivity index is 1.07. The molecule has 290 valence electrons. The first-order valence-electron chi connectivity index (χ1n) is 18.3. The SMILES string of the molecule is CC(C)(C)OC(=O)N1CCCC1C(=O)N1CC(N2CCN([C@H]3CCN(C(=O)c4cc(C(F)(F)F)cc(C(F)(F)F)c4)[C@@H](Cc4ccccc4)C3)CC2)C1. The van der Waals surface area contributed by atoms with Crippen LogP contribution in [-0.4, -0.2) is 125 Å². The minimum atomic E-state index is -5.05. The molecule has 2 aromatic rings. The first-order valence-corrected chi connectivity index (χ1v) is 18.3. The van der Waals surface area contributed by atoms with Crippen molar-refractivity contribution in [2.24, 2.45) is 0 Å². The van der Waals surface area contributed by atoms with Crippen molar-refractivity contribution >= 4 is 17.9 Å². The maximum atomic E-state index is 13.8. The van der Waals surface area contributed by atoms with Crippen molar-refractivity contribution in [3.05, 3.63) is 70.8 Å². The van der Waals surface area contributed by atoms with Gasteiger partial charge in [-0.2, -0.15) is 26.3 Å². The van der Waals surface area contributed by atoms with E-state index in [1.54, 1.807) is 25.7 Å². The molecule has 1 unspecified atom stereocenters. The molecule has 0 spiro atoms. The van der Waals surface area contributed by atoms with Crippen molar-refractivity contribution < 1.29 is 45.5 Å². The van der Waals surface area contributed by atoms with Crippen LogP contribution in [0.1, 0.15) is 73.5 Å². The third-order valence-electron chi connectivity index (χ3n) is 10.8. The van der Waals surface area contributed by atoms with Gasteiger partial charge in [-0.05, 0) is 76.6 Å². The number of carbonyl (C=O) groups excluding carboxylic acids is 3. The lowest BCUT2D eigenvalue weighted by Crippen LogP contribution is -2.67. The number of halogens is 6. The standard InChI is InChI=1S/C38H47F6N5O4/c1-36(2,3)53-35(52)49-12-7-10-32(49)34(51)47-23-31(24-47)46-16-14-45(15-17-46)29-11-13-48(30(22-29)18-25-8-5-4-6-9-25)33(50)26-19-27(37(39,40)41)21-28(20-26)38(42,43)44/h4-6,8-9,19-21,29-32H,7,10-18,22-24H2,1-3H3/t29-,30-,32?/m0/s1. The van der Waals surface area contributed by atoms with Gasteiger partial charge in [-0.25, -0.2) is 4.79 Å². The molecule has 0 aliphatic carbocycles. The number of benzene rings is 2. The van der Waals surface area contributed by atoms with Gasteiger partial charge in [-0.1, -0.05) is 30.3 Å². The topological polar surface area (TPSA) is 76.6 Å². The summed E-state index contributed by atoms with van der Waals surface area (Å²) in [5, 5.41) is 0. The molecular weight excluding hydrogens is 704 g/mol. The van der Waals surface area contributed by atoms with E-state index in [2.05, 4.69) is 9.80 Å². The van der Waals surface area contributed by atoms with Gasteiger partial charge in [0, 0.05) is 76.0 Å². The normalized spacial score (nSPS) is 23.9. The van der Waals surface area contributed by atoms with Gasteiger partial charge in [-0.15, -0.1) is 0 Å². The molecule has 3 amide bonds. The first-order chi connectivity index (χ1) is 24.9. The summed E-state index contributed by atoms with van der Waals surface area (Å²) >= 11 is 0. The maximum absolute atomic E-state index is 13.8. The van der Waals surface area contributed by atoms with E-state index in [1.807, 2.05) is 35.2 Å². The lowest BCUT2D eigenvalue weighted by Gasteiger charge is -2.51.